The first-order valence-corrected chi connectivity index (χ1v) is 13.4. The van der Waals surface area contributed by atoms with E-state index in [1.54, 1.807) is 6.07 Å². The molecule has 2 aliphatic carbocycles. The molecule has 2 aromatic rings. The van der Waals surface area contributed by atoms with E-state index < -0.39 is 11.6 Å². The van der Waals surface area contributed by atoms with E-state index in [0.29, 0.717) is 41.4 Å². The number of halogens is 3. The molecule has 0 saturated heterocycles. The molecule has 34 heavy (non-hydrogen) atoms. The average molecular weight is 473 g/mol. The Morgan fingerprint density at radius 2 is 1.29 bits per heavy atom. The molecule has 0 N–H and O–H groups in total. The van der Waals surface area contributed by atoms with Gasteiger partial charge in [0.15, 0.2) is 11.6 Å². The molecule has 186 valence electrons. The van der Waals surface area contributed by atoms with E-state index in [1.165, 1.54) is 18.9 Å². The van der Waals surface area contributed by atoms with Crippen LogP contribution < -0.4 is 4.74 Å². The second-order valence-corrected chi connectivity index (χ2v) is 10.5. The lowest BCUT2D eigenvalue weighted by Gasteiger charge is -2.31. The van der Waals surface area contributed by atoms with Crippen molar-refractivity contribution in [2.24, 2.45) is 11.8 Å². The van der Waals surface area contributed by atoms with Gasteiger partial charge in [0.25, 0.3) is 0 Å². The number of aryl methyl sites for hydroxylation is 1. The van der Waals surface area contributed by atoms with Crippen LogP contribution in [0.3, 0.4) is 0 Å². The molecule has 0 unspecified atom stereocenters. The summed E-state index contributed by atoms with van der Waals surface area (Å²) in [5.41, 5.74) is 1.81. The lowest BCUT2D eigenvalue weighted by molar-refractivity contribution is 0.198. The summed E-state index contributed by atoms with van der Waals surface area (Å²) >= 11 is 0. The second kappa shape index (κ2) is 11.6. The zero-order valence-corrected chi connectivity index (χ0v) is 20.7. The lowest BCUT2D eigenvalue weighted by Crippen LogP contribution is -2.20. The Bertz CT molecular complexity index is 940. The van der Waals surface area contributed by atoms with Crippen molar-refractivity contribution in [1.82, 2.24) is 0 Å². The van der Waals surface area contributed by atoms with Crippen molar-refractivity contribution in [3.8, 4) is 5.75 Å². The van der Waals surface area contributed by atoms with Crippen molar-refractivity contribution in [1.29, 1.82) is 0 Å². The predicted molar refractivity (Wildman–Crippen MR) is 132 cm³/mol. The Labute approximate surface area is 203 Å². The van der Waals surface area contributed by atoms with Crippen LogP contribution in [0.25, 0.3) is 0 Å². The summed E-state index contributed by atoms with van der Waals surface area (Å²) in [5, 5.41) is 0. The molecule has 4 heteroatoms. The fraction of sp³-hybridized carbons (Fsp3) is 0.600. The van der Waals surface area contributed by atoms with Gasteiger partial charge in [0, 0.05) is 6.07 Å². The van der Waals surface area contributed by atoms with Gasteiger partial charge in [-0.1, -0.05) is 44.9 Å². The molecular formula is C30H39F3O. The summed E-state index contributed by atoms with van der Waals surface area (Å²) in [4.78, 5) is 0. The first kappa shape index (κ1) is 25.1. The van der Waals surface area contributed by atoms with Crippen molar-refractivity contribution < 1.29 is 17.9 Å². The standard InChI is InChI=1S/C30H39F3O/c1-3-5-20-6-10-23(11-7-20)26-16-17-27(30(33)29(26)32)24-12-8-21(9-13-24)19-34-25-15-14-22(4-2)28(31)18-25/h14-18,20-21,23-24H,3-13,19H2,1-2H3. The number of hydrogen-bond acceptors (Lipinski definition) is 1. The number of hydrogen-bond donors (Lipinski definition) is 0. The van der Waals surface area contributed by atoms with E-state index in [-0.39, 0.29) is 17.7 Å². The molecule has 1 nitrogen and oxygen atoms in total. The van der Waals surface area contributed by atoms with Crippen molar-refractivity contribution in [2.75, 3.05) is 6.61 Å². The van der Waals surface area contributed by atoms with Gasteiger partial charge >= 0.3 is 0 Å². The highest BCUT2D eigenvalue weighted by atomic mass is 19.2. The van der Waals surface area contributed by atoms with E-state index in [1.807, 2.05) is 25.1 Å². The minimum absolute atomic E-state index is 0.0568. The van der Waals surface area contributed by atoms with Crippen molar-refractivity contribution in [2.45, 2.75) is 96.3 Å². The zero-order valence-electron chi connectivity index (χ0n) is 20.7. The fourth-order valence-corrected chi connectivity index (χ4v) is 6.14. The highest BCUT2D eigenvalue weighted by Gasteiger charge is 2.29. The van der Waals surface area contributed by atoms with Gasteiger partial charge in [-0.05, 0) is 104 Å². The molecule has 0 atom stereocenters. The average Bonchev–Trinajstić information content (AvgIpc) is 2.86. The molecule has 0 aromatic heterocycles. The van der Waals surface area contributed by atoms with Crippen LogP contribution in [0.15, 0.2) is 30.3 Å². The van der Waals surface area contributed by atoms with Crippen LogP contribution in [0.4, 0.5) is 13.2 Å². The maximum absolute atomic E-state index is 15.1. The SMILES string of the molecule is CCCC1CCC(c2ccc(C3CCC(COc4ccc(CC)c(F)c4)CC3)c(F)c2F)CC1. The molecule has 2 aromatic carbocycles. The van der Waals surface area contributed by atoms with E-state index >= 15 is 8.78 Å². The summed E-state index contributed by atoms with van der Waals surface area (Å²) in [6.45, 7) is 4.68. The highest BCUT2D eigenvalue weighted by molar-refractivity contribution is 5.32. The molecule has 2 fully saturated rings. The molecule has 0 spiro atoms. The summed E-state index contributed by atoms with van der Waals surface area (Å²) in [7, 11) is 0. The largest absolute Gasteiger partial charge is 0.493 e. The van der Waals surface area contributed by atoms with Gasteiger partial charge < -0.3 is 4.74 Å². The van der Waals surface area contributed by atoms with Crippen molar-refractivity contribution in [3.63, 3.8) is 0 Å². The summed E-state index contributed by atoms with van der Waals surface area (Å²) < 4.78 is 50.0. The quantitative estimate of drug-likeness (QED) is 0.372. The fourth-order valence-electron chi connectivity index (χ4n) is 6.14. The van der Waals surface area contributed by atoms with Crippen LogP contribution in [0.2, 0.25) is 0 Å². The third kappa shape index (κ3) is 5.80. The van der Waals surface area contributed by atoms with Crippen LogP contribution >= 0.6 is 0 Å². The molecule has 0 heterocycles. The van der Waals surface area contributed by atoms with E-state index in [4.69, 9.17) is 4.74 Å². The second-order valence-electron chi connectivity index (χ2n) is 10.5. The van der Waals surface area contributed by atoms with Gasteiger partial charge in [-0.15, -0.1) is 0 Å². The number of rotatable bonds is 8. The first-order valence-electron chi connectivity index (χ1n) is 13.4. The highest BCUT2D eigenvalue weighted by Crippen LogP contribution is 2.42. The van der Waals surface area contributed by atoms with Crippen LogP contribution in [0.5, 0.6) is 5.75 Å². The smallest absolute Gasteiger partial charge is 0.162 e. The lowest BCUT2D eigenvalue weighted by atomic mass is 9.75. The number of benzene rings is 2. The summed E-state index contributed by atoms with van der Waals surface area (Å²) in [5.74, 6) is 0.418. The Morgan fingerprint density at radius 3 is 1.79 bits per heavy atom. The van der Waals surface area contributed by atoms with Crippen LogP contribution in [-0.4, -0.2) is 6.61 Å². The van der Waals surface area contributed by atoms with E-state index in [2.05, 4.69) is 6.92 Å². The number of ether oxygens (including phenoxy) is 1. The Kier molecular flexibility index (Phi) is 8.60. The maximum atomic E-state index is 15.1. The van der Waals surface area contributed by atoms with Crippen LogP contribution in [-0.2, 0) is 6.42 Å². The summed E-state index contributed by atoms with van der Waals surface area (Å²) in [6, 6.07) is 8.77. The monoisotopic (exact) mass is 472 g/mol. The van der Waals surface area contributed by atoms with Gasteiger partial charge in [-0.3, -0.25) is 0 Å². The van der Waals surface area contributed by atoms with Gasteiger partial charge in [0.1, 0.15) is 11.6 Å². The molecular weight excluding hydrogens is 433 g/mol. The minimum atomic E-state index is -0.626. The summed E-state index contributed by atoms with van der Waals surface area (Å²) in [6.07, 6.45) is 10.8. The normalized spacial score (nSPS) is 25.3. The minimum Gasteiger partial charge on any atom is -0.493 e. The topological polar surface area (TPSA) is 9.23 Å². The third-order valence-corrected chi connectivity index (χ3v) is 8.30. The van der Waals surface area contributed by atoms with E-state index in [9.17, 15) is 4.39 Å². The van der Waals surface area contributed by atoms with Gasteiger partial charge in [0.2, 0.25) is 0 Å². The zero-order chi connectivity index (χ0) is 24.1. The molecule has 2 saturated carbocycles. The molecule has 0 radical (unpaired) electrons. The molecule has 4 rings (SSSR count). The van der Waals surface area contributed by atoms with E-state index in [0.717, 1.165) is 57.3 Å². The maximum Gasteiger partial charge on any atom is 0.162 e. The van der Waals surface area contributed by atoms with Gasteiger partial charge in [-0.25, -0.2) is 13.2 Å². The molecule has 0 bridgehead atoms. The van der Waals surface area contributed by atoms with Crippen LogP contribution in [0, 0.1) is 29.3 Å². The molecule has 0 aliphatic heterocycles. The molecule has 2 aliphatic rings. The first-order chi connectivity index (χ1) is 16.5. The Hall–Kier alpha value is -1.97. The third-order valence-electron chi connectivity index (χ3n) is 8.30. The Balaban J connectivity index is 1.31. The van der Waals surface area contributed by atoms with Gasteiger partial charge in [-0.2, -0.15) is 0 Å². The molecule has 0 amide bonds. The Morgan fingerprint density at radius 1 is 0.735 bits per heavy atom. The van der Waals surface area contributed by atoms with Crippen molar-refractivity contribution >= 4 is 0 Å². The van der Waals surface area contributed by atoms with Gasteiger partial charge in [0.05, 0.1) is 6.61 Å². The van der Waals surface area contributed by atoms with Crippen LogP contribution in [0.1, 0.15) is 107 Å². The van der Waals surface area contributed by atoms with Crippen molar-refractivity contribution in [3.05, 3.63) is 64.5 Å². The predicted octanol–water partition coefficient (Wildman–Crippen LogP) is 9.09.